The van der Waals surface area contributed by atoms with Crippen LogP contribution in [0.2, 0.25) is 5.02 Å². The predicted molar refractivity (Wildman–Crippen MR) is 57.6 cm³/mol. The summed E-state index contributed by atoms with van der Waals surface area (Å²) < 4.78 is 35.6. The zero-order valence-electron chi connectivity index (χ0n) is 8.07. The molecule has 0 spiro atoms. The van der Waals surface area contributed by atoms with E-state index in [1.807, 2.05) is 6.92 Å². The monoisotopic (exact) mass is 254 g/mol. The van der Waals surface area contributed by atoms with Gasteiger partial charge in [0.25, 0.3) is 0 Å². The predicted octanol–water partition coefficient (Wildman–Crippen LogP) is 4.69. The van der Waals surface area contributed by atoms with E-state index in [-0.39, 0.29) is 5.75 Å². The Balaban J connectivity index is 2.48. The van der Waals surface area contributed by atoms with Crippen LogP contribution in [0.4, 0.5) is 13.2 Å². The Labute approximate surface area is 95.8 Å². The maximum absolute atomic E-state index is 11.9. The van der Waals surface area contributed by atoms with Crippen LogP contribution in [0.3, 0.4) is 0 Å². The molecule has 84 valence electrons. The number of alkyl halides is 3. The zero-order chi connectivity index (χ0) is 11.5. The van der Waals surface area contributed by atoms with E-state index in [4.69, 9.17) is 11.6 Å². The van der Waals surface area contributed by atoms with Crippen LogP contribution in [0.15, 0.2) is 23.1 Å². The third kappa shape index (κ3) is 4.80. The van der Waals surface area contributed by atoms with Crippen LogP contribution in [-0.4, -0.2) is 11.9 Å². The van der Waals surface area contributed by atoms with Crippen molar-refractivity contribution >= 4 is 23.4 Å². The third-order valence-corrected chi connectivity index (χ3v) is 3.20. The van der Waals surface area contributed by atoms with Crippen molar-refractivity contribution in [2.24, 2.45) is 0 Å². The van der Waals surface area contributed by atoms with Crippen molar-refractivity contribution in [3.8, 4) is 0 Å². The van der Waals surface area contributed by atoms with Gasteiger partial charge in [0.05, 0.1) is 6.42 Å². The highest BCUT2D eigenvalue weighted by atomic mass is 35.5. The SMILES string of the molecule is Cc1ccc(SCCC(F)(F)F)cc1Cl. The largest absolute Gasteiger partial charge is 0.389 e. The number of thioether (sulfide) groups is 1. The molecule has 1 rings (SSSR count). The molecule has 0 radical (unpaired) electrons. The van der Waals surface area contributed by atoms with E-state index in [1.54, 1.807) is 18.2 Å². The van der Waals surface area contributed by atoms with Crippen LogP contribution in [-0.2, 0) is 0 Å². The molecule has 1 aromatic carbocycles. The Kier molecular flexibility index (Phi) is 4.34. The zero-order valence-corrected chi connectivity index (χ0v) is 9.64. The fourth-order valence-corrected chi connectivity index (χ4v) is 2.13. The van der Waals surface area contributed by atoms with Gasteiger partial charge in [-0.3, -0.25) is 0 Å². The molecular formula is C10H10ClF3S. The Morgan fingerprint density at radius 1 is 1.33 bits per heavy atom. The van der Waals surface area contributed by atoms with Crippen molar-refractivity contribution in [3.05, 3.63) is 28.8 Å². The Morgan fingerprint density at radius 2 is 2.00 bits per heavy atom. The summed E-state index contributed by atoms with van der Waals surface area (Å²) in [6, 6.07) is 5.28. The number of rotatable bonds is 3. The molecule has 0 bridgehead atoms. The smallest absolute Gasteiger partial charge is 0.171 e. The Bertz CT molecular complexity index is 336. The van der Waals surface area contributed by atoms with Gasteiger partial charge in [0.2, 0.25) is 0 Å². The Morgan fingerprint density at radius 3 is 2.53 bits per heavy atom. The maximum Gasteiger partial charge on any atom is 0.389 e. The maximum atomic E-state index is 11.9. The average molecular weight is 255 g/mol. The second-order valence-electron chi connectivity index (χ2n) is 3.12. The standard InChI is InChI=1S/C10H10ClF3S/c1-7-2-3-8(6-9(7)11)15-5-4-10(12,13)14/h2-3,6H,4-5H2,1H3. The van der Waals surface area contributed by atoms with Gasteiger partial charge in [-0.25, -0.2) is 0 Å². The average Bonchev–Trinajstić information content (AvgIpc) is 2.09. The van der Waals surface area contributed by atoms with Crippen molar-refractivity contribution in [3.63, 3.8) is 0 Å². The molecule has 0 N–H and O–H groups in total. The van der Waals surface area contributed by atoms with Crippen LogP contribution in [0.5, 0.6) is 0 Å². The lowest BCUT2D eigenvalue weighted by molar-refractivity contribution is -0.129. The lowest BCUT2D eigenvalue weighted by Crippen LogP contribution is -2.07. The molecule has 0 aromatic heterocycles. The first kappa shape index (κ1) is 12.7. The van der Waals surface area contributed by atoms with E-state index in [2.05, 4.69) is 0 Å². The Hall–Kier alpha value is -0.350. The van der Waals surface area contributed by atoms with Crippen molar-refractivity contribution < 1.29 is 13.2 Å². The highest BCUT2D eigenvalue weighted by molar-refractivity contribution is 7.99. The molecule has 0 aliphatic rings. The van der Waals surface area contributed by atoms with Gasteiger partial charge in [-0.2, -0.15) is 13.2 Å². The molecule has 5 heteroatoms. The molecule has 0 amide bonds. The molecule has 0 atom stereocenters. The molecule has 0 saturated carbocycles. The van der Waals surface area contributed by atoms with Crippen LogP contribution >= 0.6 is 23.4 Å². The summed E-state index contributed by atoms with van der Waals surface area (Å²) in [6.07, 6.45) is -4.86. The summed E-state index contributed by atoms with van der Waals surface area (Å²) in [4.78, 5) is 0.773. The molecule has 0 aliphatic carbocycles. The third-order valence-electron chi connectivity index (χ3n) is 1.80. The topological polar surface area (TPSA) is 0 Å². The molecule has 0 saturated heterocycles. The molecule has 0 heterocycles. The van der Waals surface area contributed by atoms with E-state index < -0.39 is 12.6 Å². The number of halogens is 4. The van der Waals surface area contributed by atoms with E-state index >= 15 is 0 Å². The summed E-state index contributed by atoms with van der Waals surface area (Å²) in [5, 5.41) is 0.590. The van der Waals surface area contributed by atoms with Gasteiger partial charge in [0.1, 0.15) is 0 Å². The summed E-state index contributed by atoms with van der Waals surface area (Å²) in [6.45, 7) is 1.85. The van der Waals surface area contributed by atoms with Gasteiger partial charge in [-0.1, -0.05) is 17.7 Å². The summed E-state index contributed by atoms with van der Waals surface area (Å²) >= 11 is 7.01. The minimum Gasteiger partial charge on any atom is -0.171 e. The molecule has 0 fully saturated rings. The molecule has 1 aromatic rings. The molecule has 15 heavy (non-hydrogen) atoms. The highest BCUT2D eigenvalue weighted by Gasteiger charge is 2.26. The van der Waals surface area contributed by atoms with E-state index in [1.165, 1.54) is 11.8 Å². The lowest BCUT2D eigenvalue weighted by Gasteiger charge is -2.06. The first-order valence-electron chi connectivity index (χ1n) is 4.34. The molecule has 0 aliphatic heterocycles. The molecule has 0 unspecified atom stereocenters. The minimum atomic E-state index is -4.08. The first-order chi connectivity index (χ1) is 6.88. The minimum absolute atomic E-state index is 0.0306. The second kappa shape index (κ2) is 5.12. The van der Waals surface area contributed by atoms with Crippen molar-refractivity contribution in [2.45, 2.75) is 24.4 Å². The summed E-state index contributed by atoms with van der Waals surface area (Å²) in [5.41, 5.74) is 0.928. The number of hydrogen-bond acceptors (Lipinski definition) is 1. The molecule has 0 nitrogen and oxygen atoms in total. The fourth-order valence-electron chi connectivity index (χ4n) is 0.948. The van der Waals surface area contributed by atoms with Crippen molar-refractivity contribution in [2.75, 3.05) is 5.75 Å². The van der Waals surface area contributed by atoms with Crippen molar-refractivity contribution in [1.29, 1.82) is 0 Å². The van der Waals surface area contributed by atoms with Crippen LogP contribution in [0, 0.1) is 6.92 Å². The van der Waals surface area contributed by atoms with Crippen LogP contribution < -0.4 is 0 Å². The van der Waals surface area contributed by atoms with Crippen LogP contribution in [0.1, 0.15) is 12.0 Å². The van der Waals surface area contributed by atoms with Gasteiger partial charge in [-0.05, 0) is 24.6 Å². The number of hydrogen-bond donors (Lipinski definition) is 0. The van der Waals surface area contributed by atoms with Crippen molar-refractivity contribution in [1.82, 2.24) is 0 Å². The van der Waals surface area contributed by atoms with Gasteiger partial charge >= 0.3 is 6.18 Å². The van der Waals surface area contributed by atoms with Gasteiger partial charge in [0, 0.05) is 15.7 Å². The van der Waals surface area contributed by atoms with Crippen LogP contribution in [0.25, 0.3) is 0 Å². The first-order valence-corrected chi connectivity index (χ1v) is 5.70. The number of aryl methyl sites for hydroxylation is 1. The quantitative estimate of drug-likeness (QED) is 0.705. The second-order valence-corrected chi connectivity index (χ2v) is 4.70. The lowest BCUT2D eigenvalue weighted by atomic mass is 10.2. The highest BCUT2D eigenvalue weighted by Crippen LogP contribution is 2.28. The van der Waals surface area contributed by atoms with E-state index in [9.17, 15) is 13.2 Å². The van der Waals surface area contributed by atoms with Gasteiger partial charge in [0.15, 0.2) is 0 Å². The fraction of sp³-hybridized carbons (Fsp3) is 0.400. The van der Waals surface area contributed by atoms with E-state index in [0.29, 0.717) is 5.02 Å². The normalized spacial score (nSPS) is 11.8. The van der Waals surface area contributed by atoms with E-state index in [0.717, 1.165) is 10.5 Å². The summed E-state index contributed by atoms with van der Waals surface area (Å²) in [5.74, 6) is 0.0306. The van der Waals surface area contributed by atoms with Gasteiger partial charge < -0.3 is 0 Å². The molecular weight excluding hydrogens is 245 g/mol. The summed E-state index contributed by atoms with van der Waals surface area (Å²) in [7, 11) is 0. The van der Waals surface area contributed by atoms with Gasteiger partial charge in [-0.15, -0.1) is 11.8 Å². The number of benzene rings is 1.